The van der Waals surface area contributed by atoms with Crippen LogP contribution in [0.25, 0.3) is 11.0 Å². The summed E-state index contributed by atoms with van der Waals surface area (Å²) >= 11 is 0. The standard InChI is InChI=1S/C15H20FN3O2.ClH.H2O/c1-10(20)9-17-19-6-4-11(5-7-19)15-13-3-2-12(16)8-14(13)21-18-15;;/h2-3,8,10-11,17,20H,4-7,9H2,1H3;1H;1H2. The SMILES string of the molecule is CC(O)CNN1CCC(c2noc3cc(F)ccc23)CC1.Cl.O. The van der Waals surface area contributed by atoms with E-state index in [4.69, 9.17) is 4.52 Å². The smallest absolute Gasteiger partial charge is 0.170 e. The summed E-state index contributed by atoms with van der Waals surface area (Å²) in [5, 5.41) is 16.5. The summed E-state index contributed by atoms with van der Waals surface area (Å²) in [7, 11) is 0. The van der Waals surface area contributed by atoms with Crippen LogP contribution in [0, 0.1) is 5.82 Å². The maximum Gasteiger partial charge on any atom is 0.170 e. The Balaban J connectivity index is 0.00000132. The van der Waals surface area contributed by atoms with E-state index in [0.29, 0.717) is 18.0 Å². The highest BCUT2D eigenvalue weighted by Gasteiger charge is 2.25. The first kappa shape index (κ1) is 19.8. The zero-order valence-corrected chi connectivity index (χ0v) is 13.8. The fraction of sp³-hybridized carbons (Fsp3) is 0.533. The second-order valence-electron chi connectivity index (χ2n) is 5.68. The Morgan fingerprint density at radius 1 is 1.43 bits per heavy atom. The van der Waals surface area contributed by atoms with Crippen LogP contribution >= 0.6 is 12.4 Å². The van der Waals surface area contributed by atoms with Gasteiger partial charge in [0.2, 0.25) is 0 Å². The summed E-state index contributed by atoms with van der Waals surface area (Å²) in [5.41, 5.74) is 4.67. The van der Waals surface area contributed by atoms with Crippen molar-refractivity contribution in [2.24, 2.45) is 0 Å². The number of aromatic nitrogens is 1. The molecule has 4 N–H and O–H groups in total. The first-order valence-electron chi connectivity index (χ1n) is 7.35. The molecule has 0 radical (unpaired) electrons. The molecule has 0 saturated carbocycles. The van der Waals surface area contributed by atoms with E-state index in [1.54, 1.807) is 13.0 Å². The van der Waals surface area contributed by atoms with Gasteiger partial charge in [-0.1, -0.05) is 5.16 Å². The fourth-order valence-corrected chi connectivity index (χ4v) is 2.80. The van der Waals surface area contributed by atoms with Gasteiger partial charge in [-0.15, -0.1) is 12.4 Å². The van der Waals surface area contributed by atoms with Crippen LogP contribution in [-0.2, 0) is 0 Å². The van der Waals surface area contributed by atoms with Crippen LogP contribution in [0.3, 0.4) is 0 Å². The molecule has 1 aromatic heterocycles. The van der Waals surface area contributed by atoms with Gasteiger partial charge >= 0.3 is 0 Å². The number of nitrogens with zero attached hydrogens (tertiary/aromatic N) is 2. The number of piperidine rings is 1. The number of rotatable bonds is 4. The Morgan fingerprint density at radius 2 is 2.13 bits per heavy atom. The lowest BCUT2D eigenvalue weighted by Crippen LogP contribution is -2.45. The van der Waals surface area contributed by atoms with Gasteiger partial charge in [0.05, 0.1) is 11.8 Å². The summed E-state index contributed by atoms with van der Waals surface area (Å²) in [6.45, 7) is 4.12. The van der Waals surface area contributed by atoms with Crippen molar-refractivity contribution < 1.29 is 19.5 Å². The van der Waals surface area contributed by atoms with Crippen LogP contribution in [0.5, 0.6) is 0 Å². The Labute approximate surface area is 140 Å². The highest BCUT2D eigenvalue weighted by molar-refractivity contribution is 5.85. The van der Waals surface area contributed by atoms with Gasteiger partial charge in [-0.05, 0) is 31.9 Å². The molecule has 0 aliphatic carbocycles. The van der Waals surface area contributed by atoms with Gasteiger partial charge in [-0.25, -0.2) is 9.40 Å². The van der Waals surface area contributed by atoms with Gasteiger partial charge in [0, 0.05) is 37.0 Å². The minimum absolute atomic E-state index is 0. The van der Waals surface area contributed by atoms with E-state index in [1.807, 2.05) is 0 Å². The van der Waals surface area contributed by atoms with Crippen molar-refractivity contribution in [1.29, 1.82) is 0 Å². The number of halogens is 2. The molecule has 1 fully saturated rings. The van der Waals surface area contributed by atoms with Crippen LogP contribution in [0.2, 0.25) is 0 Å². The third-order valence-corrected chi connectivity index (χ3v) is 3.95. The Morgan fingerprint density at radius 3 is 2.78 bits per heavy atom. The molecule has 1 aliphatic rings. The molecule has 0 bridgehead atoms. The summed E-state index contributed by atoms with van der Waals surface area (Å²) in [5.74, 6) is 0.0312. The van der Waals surface area contributed by atoms with E-state index >= 15 is 0 Å². The van der Waals surface area contributed by atoms with Crippen molar-refractivity contribution in [3.8, 4) is 0 Å². The van der Waals surface area contributed by atoms with E-state index < -0.39 is 0 Å². The molecule has 0 spiro atoms. The third-order valence-electron chi connectivity index (χ3n) is 3.95. The average molecular weight is 348 g/mol. The minimum atomic E-state index is -0.350. The van der Waals surface area contributed by atoms with Gasteiger partial charge in [0.15, 0.2) is 5.58 Å². The van der Waals surface area contributed by atoms with Crippen molar-refractivity contribution in [2.45, 2.75) is 31.8 Å². The second-order valence-corrected chi connectivity index (χ2v) is 5.68. The molecule has 1 aliphatic heterocycles. The van der Waals surface area contributed by atoms with Gasteiger partial charge in [-0.2, -0.15) is 0 Å². The summed E-state index contributed by atoms with van der Waals surface area (Å²) < 4.78 is 18.4. The van der Waals surface area contributed by atoms with Gasteiger partial charge in [-0.3, -0.25) is 5.43 Å². The predicted molar refractivity (Wildman–Crippen MR) is 88.1 cm³/mol. The number of aliphatic hydroxyl groups excluding tert-OH is 1. The van der Waals surface area contributed by atoms with E-state index in [1.165, 1.54) is 12.1 Å². The van der Waals surface area contributed by atoms with E-state index in [2.05, 4.69) is 15.6 Å². The number of nitrogens with one attached hydrogen (secondary N) is 1. The molecule has 1 unspecified atom stereocenters. The molecule has 3 rings (SSSR count). The second kappa shape index (κ2) is 8.56. The number of aliphatic hydroxyl groups is 1. The molecule has 1 saturated heterocycles. The quantitative estimate of drug-likeness (QED) is 0.876. The molecule has 0 amide bonds. The summed E-state index contributed by atoms with van der Waals surface area (Å²) in [4.78, 5) is 0. The number of fused-ring (bicyclic) bond motifs is 1. The van der Waals surface area contributed by atoms with Gasteiger partial charge in [0.25, 0.3) is 0 Å². The van der Waals surface area contributed by atoms with Crippen LogP contribution in [0.4, 0.5) is 4.39 Å². The monoisotopic (exact) mass is 347 g/mol. The molecular weight excluding hydrogens is 325 g/mol. The van der Waals surface area contributed by atoms with Crippen LogP contribution in [-0.4, -0.2) is 46.5 Å². The highest BCUT2D eigenvalue weighted by Crippen LogP contribution is 2.32. The molecule has 23 heavy (non-hydrogen) atoms. The topological polar surface area (TPSA) is 93.0 Å². The Bertz CT molecular complexity index is 615. The first-order chi connectivity index (χ1) is 10.1. The third kappa shape index (κ3) is 4.62. The maximum atomic E-state index is 13.2. The van der Waals surface area contributed by atoms with E-state index in [-0.39, 0.29) is 29.8 Å². The molecule has 8 heteroatoms. The van der Waals surface area contributed by atoms with Crippen LogP contribution in [0.1, 0.15) is 31.4 Å². The number of benzene rings is 1. The maximum absolute atomic E-state index is 13.2. The normalized spacial score (nSPS) is 17.5. The van der Waals surface area contributed by atoms with Crippen LogP contribution in [0.15, 0.2) is 22.7 Å². The van der Waals surface area contributed by atoms with Crippen molar-refractivity contribution in [3.63, 3.8) is 0 Å². The molecule has 2 heterocycles. The molecule has 1 aromatic carbocycles. The fourth-order valence-electron chi connectivity index (χ4n) is 2.80. The minimum Gasteiger partial charge on any atom is -0.412 e. The van der Waals surface area contributed by atoms with Crippen molar-refractivity contribution in [1.82, 2.24) is 15.6 Å². The largest absolute Gasteiger partial charge is 0.412 e. The number of hydrazine groups is 1. The molecular formula is C15H23ClFN3O3. The van der Waals surface area contributed by atoms with E-state index in [9.17, 15) is 9.50 Å². The van der Waals surface area contributed by atoms with Gasteiger partial charge in [0.1, 0.15) is 5.82 Å². The predicted octanol–water partition coefficient (Wildman–Crippen LogP) is 1.63. The van der Waals surface area contributed by atoms with Gasteiger partial charge < -0.3 is 15.1 Å². The zero-order valence-electron chi connectivity index (χ0n) is 13.0. The molecule has 2 aromatic rings. The highest BCUT2D eigenvalue weighted by atomic mass is 35.5. The van der Waals surface area contributed by atoms with Crippen molar-refractivity contribution >= 4 is 23.4 Å². The zero-order chi connectivity index (χ0) is 14.8. The summed E-state index contributed by atoms with van der Waals surface area (Å²) in [6.07, 6.45) is 1.58. The lowest BCUT2D eigenvalue weighted by Gasteiger charge is -2.31. The average Bonchev–Trinajstić information content (AvgIpc) is 2.88. The number of hydrogen-bond donors (Lipinski definition) is 2. The lowest BCUT2D eigenvalue weighted by molar-refractivity contribution is 0.101. The Hall–Kier alpha value is -1.25. The molecule has 6 nitrogen and oxygen atoms in total. The first-order valence-corrected chi connectivity index (χ1v) is 7.35. The molecule has 1 atom stereocenters. The number of hydrogen-bond acceptors (Lipinski definition) is 5. The lowest BCUT2D eigenvalue weighted by atomic mass is 9.92. The van der Waals surface area contributed by atoms with Crippen LogP contribution < -0.4 is 5.43 Å². The molecule has 130 valence electrons. The summed E-state index contributed by atoms with van der Waals surface area (Å²) in [6, 6.07) is 4.57. The Kier molecular flexibility index (Phi) is 7.37. The van der Waals surface area contributed by atoms with Crippen molar-refractivity contribution in [3.05, 3.63) is 29.7 Å². The van der Waals surface area contributed by atoms with E-state index in [0.717, 1.165) is 37.0 Å². The van der Waals surface area contributed by atoms with Crippen molar-refractivity contribution in [2.75, 3.05) is 19.6 Å².